The molecule has 1 aliphatic carbocycles. The minimum absolute atomic E-state index is 0.0591. The maximum atomic E-state index is 12.4. The topological polar surface area (TPSA) is 61.8 Å². The van der Waals surface area contributed by atoms with Crippen LogP contribution in [0.25, 0.3) is 0 Å². The van der Waals surface area contributed by atoms with Crippen molar-refractivity contribution in [3.8, 4) is 0 Å². The monoisotopic (exact) mass is 318 g/mol. The van der Waals surface area contributed by atoms with Gasteiger partial charge < -0.3 is 20.1 Å². The summed E-state index contributed by atoms with van der Waals surface area (Å²) >= 11 is 0. The molecule has 2 unspecified atom stereocenters. The van der Waals surface area contributed by atoms with E-state index in [-0.39, 0.29) is 17.6 Å². The van der Waals surface area contributed by atoms with Crippen LogP contribution in [-0.4, -0.2) is 54.5 Å². The van der Waals surface area contributed by atoms with Gasteiger partial charge in [-0.2, -0.15) is 0 Å². The Morgan fingerprint density at radius 3 is 2.70 bits per heavy atom. The lowest BCUT2D eigenvalue weighted by Gasteiger charge is -2.35. The molecule has 1 saturated heterocycles. The number of ether oxygens (including phenoxy) is 1. The highest BCUT2D eigenvalue weighted by molar-refractivity contribution is 5.74. The van der Waals surface area contributed by atoms with Crippen molar-refractivity contribution in [1.29, 1.82) is 0 Å². The first-order valence-electron chi connectivity index (χ1n) is 8.36. The molecule has 1 aromatic rings. The van der Waals surface area contributed by atoms with E-state index in [2.05, 4.69) is 36.5 Å². The maximum absolute atomic E-state index is 12.4. The third kappa shape index (κ3) is 3.67. The molecular weight excluding hydrogens is 292 g/mol. The van der Waals surface area contributed by atoms with Crippen LogP contribution in [0, 0.1) is 5.41 Å². The number of carbonyl (C=O) groups excluding carboxylic acids is 1. The maximum Gasteiger partial charge on any atom is 0.317 e. The highest BCUT2D eigenvalue weighted by Crippen LogP contribution is 2.35. The summed E-state index contributed by atoms with van der Waals surface area (Å²) in [5.41, 5.74) is 2.87. The van der Waals surface area contributed by atoms with Crippen molar-refractivity contribution in [2.24, 2.45) is 5.41 Å². The van der Waals surface area contributed by atoms with Crippen LogP contribution in [0.5, 0.6) is 0 Å². The molecule has 0 radical (unpaired) electrons. The van der Waals surface area contributed by atoms with Crippen LogP contribution in [0.15, 0.2) is 24.3 Å². The number of fused-ring (bicyclic) bond motifs is 1. The van der Waals surface area contributed by atoms with Gasteiger partial charge in [0.2, 0.25) is 0 Å². The highest BCUT2D eigenvalue weighted by atomic mass is 16.5. The molecule has 0 aromatic heterocycles. The zero-order valence-electron chi connectivity index (χ0n) is 13.9. The molecule has 2 aliphatic rings. The fourth-order valence-electron chi connectivity index (χ4n) is 3.56. The van der Waals surface area contributed by atoms with Crippen LogP contribution in [0.4, 0.5) is 4.79 Å². The van der Waals surface area contributed by atoms with Gasteiger partial charge in [-0.25, -0.2) is 4.79 Å². The first-order valence-corrected chi connectivity index (χ1v) is 8.36. The first-order chi connectivity index (χ1) is 11.0. The third-order valence-corrected chi connectivity index (χ3v) is 4.94. The Morgan fingerprint density at radius 1 is 1.43 bits per heavy atom. The second kappa shape index (κ2) is 6.49. The number of morpholine rings is 1. The zero-order chi connectivity index (χ0) is 16.4. The minimum atomic E-state index is -0.563. The van der Waals surface area contributed by atoms with Gasteiger partial charge in [-0.3, -0.25) is 0 Å². The lowest BCUT2D eigenvalue weighted by Crippen LogP contribution is -2.53. The van der Waals surface area contributed by atoms with Gasteiger partial charge in [0.1, 0.15) is 6.10 Å². The number of carbonyl (C=O) groups is 1. The number of urea groups is 1. The number of aliphatic hydroxyl groups is 1. The van der Waals surface area contributed by atoms with Crippen molar-refractivity contribution in [2.75, 3.05) is 26.2 Å². The largest absolute Gasteiger partial charge is 0.391 e. The van der Waals surface area contributed by atoms with Crippen molar-refractivity contribution in [1.82, 2.24) is 10.2 Å². The van der Waals surface area contributed by atoms with Gasteiger partial charge in [0.25, 0.3) is 0 Å². The van der Waals surface area contributed by atoms with E-state index in [0.29, 0.717) is 26.2 Å². The van der Waals surface area contributed by atoms with E-state index in [0.717, 1.165) is 12.8 Å². The molecule has 1 heterocycles. The van der Waals surface area contributed by atoms with E-state index in [9.17, 15) is 9.90 Å². The first kappa shape index (κ1) is 16.3. The summed E-state index contributed by atoms with van der Waals surface area (Å²) in [6, 6.07) is 8.45. The minimum Gasteiger partial charge on any atom is -0.391 e. The molecule has 2 amide bonds. The molecule has 3 rings (SSSR count). The number of hydrogen-bond acceptors (Lipinski definition) is 3. The number of benzene rings is 1. The van der Waals surface area contributed by atoms with E-state index in [1.807, 2.05) is 0 Å². The van der Waals surface area contributed by atoms with Crippen molar-refractivity contribution in [3.05, 3.63) is 35.4 Å². The summed E-state index contributed by atoms with van der Waals surface area (Å²) in [6.45, 7) is 6.09. The fourth-order valence-corrected chi connectivity index (χ4v) is 3.56. The third-order valence-electron chi connectivity index (χ3n) is 4.94. The molecule has 5 nitrogen and oxygen atoms in total. The lowest BCUT2D eigenvalue weighted by molar-refractivity contribution is -0.0721. The summed E-state index contributed by atoms with van der Waals surface area (Å²) in [6.07, 6.45) is 1.15. The Labute approximate surface area is 137 Å². The lowest BCUT2D eigenvalue weighted by atomic mass is 9.87. The molecule has 1 fully saturated rings. The van der Waals surface area contributed by atoms with Gasteiger partial charge in [0.15, 0.2) is 0 Å². The Balaban J connectivity index is 1.53. The van der Waals surface area contributed by atoms with Crippen LogP contribution in [0.1, 0.15) is 25.0 Å². The predicted octanol–water partition coefficient (Wildman–Crippen LogP) is 1.58. The van der Waals surface area contributed by atoms with Gasteiger partial charge in [-0.15, -0.1) is 0 Å². The fraction of sp³-hybridized carbons (Fsp3) is 0.611. The second-order valence-electron chi connectivity index (χ2n) is 7.19. The van der Waals surface area contributed by atoms with Crippen LogP contribution in [-0.2, 0) is 17.6 Å². The van der Waals surface area contributed by atoms with Gasteiger partial charge in [0, 0.05) is 13.1 Å². The number of nitrogens with zero attached hydrogens (tertiary/aromatic N) is 1. The quantitative estimate of drug-likeness (QED) is 0.889. The molecule has 23 heavy (non-hydrogen) atoms. The van der Waals surface area contributed by atoms with Gasteiger partial charge in [0.05, 0.1) is 19.3 Å². The summed E-state index contributed by atoms with van der Waals surface area (Å²) in [5, 5.41) is 12.7. The van der Waals surface area contributed by atoms with Crippen LogP contribution < -0.4 is 5.32 Å². The number of aliphatic hydroxyl groups excluding tert-OH is 1. The number of amides is 2. The smallest absolute Gasteiger partial charge is 0.317 e. The van der Waals surface area contributed by atoms with E-state index < -0.39 is 6.10 Å². The van der Waals surface area contributed by atoms with E-state index in [1.165, 1.54) is 11.1 Å². The van der Waals surface area contributed by atoms with Gasteiger partial charge in [-0.05, 0) is 36.3 Å². The predicted molar refractivity (Wildman–Crippen MR) is 88.3 cm³/mol. The summed E-state index contributed by atoms with van der Waals surface area (Å²) in [7, 11) is 0. The van der Waals surface area contributed by atoms with E-state index >= 15 is 0 Å². The standard InChI is InChI=1S/C18H26N2O3/c1-13(21)16-11-20(7-8-23-16)17(22)19-12-18(2)9-14-5-3-4-6-15(14)10-18/h3-6,13,16,21H,7-12H2,1-2H3,(H,19,22). The van der Waals surface area contributed by atoms with Gasteiger partial charge >= 0.3 is 6.03 Å². The summed E-state index contributed by atoms with van der Waals surface area (Å²) in [5.74, 6) is 0. The summed E-state index contributed by atoms with van der Waals surface area (Å²) < 4.78 is 5.49. The molecule has 2 atom stereocenters. The zero-order valence-corrected chi connectivity index (χ0v) is 13.9. The van der Waals surface area contributed by atoms with Crippen LogP contribution >= 0.6 is 0 Å². The van der Waals surface area contributed by atoms with Crippen molar-refractivity contribution < 1.29 is 14.6 Å². The Hall–Kier alpha value is -1.59. The van der Waals surface area contributed by atoms with Crippen LogP contribution in [0.3, 0.4) is 0 Å². The average molecular weight is 318 g/mol. The number of rotatable bonds is 3. The molecule has 0 spiro atoms. The molecular formula is C18H26N2O3. The normalized spacial score (nSPS) is 24.1. The van der Waals surface area contributed by atoms with E-state index in [1.54, 1.807) is 11.8 Å². The molecule has 0 saturated carbocycles. The van der Waals surface area contributed by atoms with Gasteiger partial charge in [-0.1, -0.05) is 31.2 Å². The SMILES string of the molecule is CC(O)C1CN(C(=O)NCC2(C)Cc3ccccc3C2)CCO1. The van der Waals surface area contributed by atoms with Crippen molar-refractivity contribution >= 4 is 6.03 Å². The van der Waals surface area contributed by atoms with E-state index in [4.69, 9.17) is 4.74 Å². The number of nitrogens with one attached hydrogen (secondary N) is 1. The average Bonchev–Trinajstić information content (AvgIpc) is 2.89. The molecule has 1 aromatic carbocycles. The molecule has 126 valence electrons. The highest BCUT2D eigenvalue weighted by Gasteiger charge is 2.34. The molecule has 0 bridgehead atoms. The summed E-state index contributed by atoms with van der Waals surface area (Å²) in [4.78, 5) is 14.2. The Morgan fingerprint density at radius 2 is 2.09 bits per heavy atom. The second-order valence-corrected chi connectivity index (χ2v) is 7.19. The van der Waals surface area contributed by atoms with Crippen molar-refractivity contribution in [3.63, 3.8) is 0 Å². The Kier molecular flexibility index (Phi) is 4.60. The molecule has 5 heteroatoms. The molecule has 1 aliphatic heterocycles. The van der Waals surface area contributed by atoms with Crippen LogP contribution in [0.2, 0.25) is 0 Å². The Bertz CT molecular complexity index is 548. The van der Waals surface area contributed by atoms with Crippen molar-refractivity contribution in [2.45, 2.75) is 38.9 Å². The number of hydrogen-bond donors (Lipinski definition) is 2. The molecule has 2 N–H and O–H groups in total.